The van der Waals surface area contributed by atoms with E-state index in [0.717, 1.165) is 16.8 Å². The van der Waals surface area contributed by atoms with Crippen molar-refractivity contribution in [1.29, 1.82) is 0 Å². The molecule has 0 aliphatic carbocycles. The van der Waals surface area contributed by atoms with Crippen LogP contribution in [0.2, 0.25) is 0 Å². The van der Waals surface area contributed by atoms with Crippen LogP contribution in [0.1, 0.15) is 18.1 Å². The number of nitrogens with zero attached hydrogens (tertiary/aromatic N) is 2. The Balaban J connectivity index is 2.45. The second-order valence-electron chi connectivity index (χ2n) is 4.35. The predicted molar refractivity (Wildman–Crippen MR) is 80.5 cm³/mol. The molecule has 0 aliphatic rings. The maximum absolute atomic E-state index is 4.49. The average molecular weight is 305 g/mol. The fourth-order valence-electron chi connectivity index (χ4n) is 1.89. The lowest BCUT2D eigenvalue weighted by Gasteiger charge is -2.24. The zero-order valence-corrected chi connectivity index (χ0v) is 12.5. The van der Waals surface area contributed by atoms with Gasteiger partial charge in [0.2, 0.25) is 0 Å². The van der Waals surface area contributed by atoms with Crippen LogP contribution in [0.15, 0.2) is 41.0 Å². The Bertz CT molecular complexity index is 535. The number of aryl methyl sites for hydroxylation is 2. The van der Waals surface area contributed by atoms with E-state index in [9.17, 15) is 0 Å². The SMILES string of the molecule is CCN(c1ccc(C)cc1)c1nccc(C)c1Br. The Morgan fingerprint density at radius 3 is 2.39 bits per heavy atom. The third kappa shape index (κ3) is 2.56. The van der Waals surface area contributed by atoms with E-state index >= 15 is 0 Å². The third-order valence-electron chi connectivity index (χ3n) is 2.98. The number of benzene rings is 1. The zero-order chi connectivity index (χ0) is 13.1. The Morgan fingerprint density at radius 2 is 1.78 bits per heavy atom. The molecule has 2 rings (SSSR count). The van der Waals surface area contributed by atoms with Gasteiger partial charge >= 0.3 is 0 Å². The normalized spacial score (nSPS) is 10.4. The molecule has 2 aromatic rings. The second-order valence-corrected chi connectivity index (χ2v) is 5.14. The average Bonchev–Trinajstić information content (AvgIpc) is 2.37. The van der Waals surface area contributed by atoms with E-state index in [1.165, 1.54) is 16.8 Å². The van der Waals surface area contributed by atoms with Gasteiger partial charge in [0.25, 0.3) is 0 Å². The van der Waals surface area contributed by atoms with Gasteiger partial charge in [-0.2, -0.15) is 0 Å². The van der Waals surface area contributed by atoms with Crippen LogP contribution in [0.25, 0.3) is 0 Å². The lowest BCUT2D eigenvalue weighted by Crippen LogP contribution is -2.18. The highest BCUT2D eigenvalue weighted by Gasteiger charge is 2.13. The fraction of sp³-hybridized carbons (Fsp3) is 0.267. The molecular formula is C15H17BrN2. The van der Waals surface area contributed by atoms with Crippen LogP contribution in [-0.4, -0.2) is 11.5 Å². The molecule has 1 aromatic heterocycles. The van der Waals surface area contributed by atoms with Crippen molar-refractivity contribution < 1.29 is 0 Å². The topological polar surface area (TPSA) is 16.1 Å². The molecular weight excluding hydrogens is 288 g/mol. The highest BCUT2D eigenvalue weighted by molar-refractivity contribution is 9.10. The molecule has 3 heteroatoms. The molecule has 0 fully saturated rings. The minimum Gasteiger partial charge on any atom is -0.326 e. The standard InChI is InChI=1S/C15H17BrN2/c1-4-18(13-7-5-11(2)6-8-13)15-14(16)12(3)9-10-17-15/h5-10H,4H2,1-3H3. The molecule has 0 N–H and O–H groups in total. The van der Waals surface area contributed by atoms with Crippen molar-refractivity contribution in [2.75, 3.05) is 11.4 Å². The lowest BCUT2D eigenvalue weighted by molar-refractivity contribution is 0.980. The molecule has 0 unspecified atom stereocenters. The van der Waals surface area contributed by atoms with Crippen LogP contribution in [0.3, 0.4) is 0 Å². The molecule has 1 aromatic carbocycles. The van der Waals surface area contributed by atoms with Crippen molar-refractivity contribution in [3.63, 3.8) is 0 Å². The number of aromatic nitrogens is 1. The molecule has 1 heterocycles. The maximum Gasteiger partial charge on any atom is 0.147 e. The highest BCUT2D eigenvalue weighted by atomic mass is 79.9. The van der Waals surface area contributed by atoms with Gasteiger partial charge in [-0.1, -0.05) is 17.7 Å². The quantitative estimate of drug-likeness (QED) is 0.822. The molecule has 0 spiro atoms. The first-order valence-corrected chi connectivity index (χ1v) is 6.88. The summed E-state index contributed by atoms with van der Waals surface area (Å²) in [6.45, 7) is 7.20. The molecule has 0 bridgehead atoms. The number of pyridine rings is 1. The minimum atomic E-state index is 0.887. The molecule has 0 aliphatic heterocycles. The fourth-order valence-corrected chi connectivity index (χ4v) is 2.34. The van der Waals surface area contributed by atoms with Gasteiger partial charge in [-0.3, -0.25) is 0 Å². The first-order valence-electron chi connectivity index (χ1n) is 6.08. The van der Waals surface area contributed by atoms with Crippen LogP contribution in [0, 0.1) is 13.8 Å². The van der Waals surface area contributed by atoms with Gasteiger partial charge in [0, 0.05) is 18.4 Å². The molecule has 0 saturated carbocycles. The maximum atomic E-state index is 4.49. The van der Waals surface area contributed by atoms with E-state index in [0.29, 0.717) is 0 Å². The summed E-state index contributed by atoms with van der Waals surface area (Å²) in [5.41, 5.74) is 3.64. The summed E-state index contributed by atoms with van der Waals surface area (Å²) in [7, 11) is 0. The van der Waals surface area contributed by atoms with E-state index in [1.807, 2.05) is 12.3 Å². The van der Waals surface area contributed by atoms with Gasteiger partial charge in [0.1, 0.15) is 5.82 Å². The van der Waals surface area contributed by atoms with E-state index < -0.39 is 0 Å². The van der Waals surface area contributed by atoms with Crippen LogP contribution in [0.4, 0.5) is 11.5 Å². The van der Waals surface area contributed by atoms with E-state index in [-0.39, 0.29) is 0 Å². The van der Waals surface area contributed by atoms with Crippen molar-refractivity contribution in [2.45, 2.75) is 20.8 Å². The minimum absolute atomic E-state index is 0.887. The van der Waals surface area contributed by atoms with Gasteiger partial charge in [-0.25, -0.2) is 4.98 Å². The first kappa shape index (κ1) is 13.1. The molecule has 94 valence electrons. The lowest BCUT2D eigenvalue weighted by atomic mass is 10.2. The third-order valence-corrected chi connectivity index (χ3v) is 3.96. The van der Waals surface area contributed by atoms with Crippen molar-refractivity contribution in [2.24, 2.45) is 0 Å². The predicted octanol–water partition coefficient (Wildman–Crippen LogP) is 4.62. The van der Waals surface area contributed by atoms with E-state index in [2.05, 4.69) is 70.9 Å². The Kier molecular flexibility index (Phi) is 4.02. The van der Waals surface area contributed by atoms with Crippen LogP contribution >= 0.6 is 15.9 Å². The van der Waals surface area contributed by atoms with Crippen molar-refractivity contribution in [3.05, 3.63) is 52.1 Å². The Morgan fingerprint density at radius 1 is 1.11 bits per heavy atom. The van der Waals surface area contributed by atoms with Crippen molar-refractivity contribution in [3.8, 4) is 0 Å². The first-order chi connectivity index (χ1) is 8.63. The van der Waals surface area contributed by atoms with Gasteiger partial charge in [-0.15, -0.1) is 0 Å². The largest absolute Gasteiger partial charge is 0.326 e. The summed E-state index contributed by atoms with van der Waals surface area (Å²) in [5.74, 6) is 0.973. The number of rotatable bonds is 3. The van der Waals surface area contributed by atoms with Crippen LogP contribution in [-0.2, 0) is 0 Å². The summed E-state index contributed by atoms with van der Waals surface area (Å²) in [6.07, 6.45) is 1.85. The van der Waals surface area contributed by atoms with Crippen molar-refractivity contribution in [1.82, 2.24) is 4.98 Å². The van der Waals surface area contributed by atoms with Crippen LogP contribution < -0.4 is 4.90 Å². The van der Waals surface area contributed by atoms with Crippen LogP contribution in [0.5, 0.6) is 0 Å². The Hall–Kier alpha value is -1.35. The van der Waals surface area contributed by atoms with Gasteiger partial charge in [-0.05, 0) is 60.5 Å². The molecule has 0 saturated heterocycles. The highest BCUT2D eigenvalue weighted by Crippen LogP contribution is 2.31. The second kappa shape index (κ2) is 5.53. The van der Waals surface area contributed by atoms with Gasteiger partial charge in [0.05, 0.1) is 4.47 Å². The summed E-state index contributed by atoms with van der Waals surface area (Å²) in [4.78, 5) is 6.69. The summed E-state index contributed by atoms with van der Waals surface area (Å²) in [5, 5.41) is 0. The summed E-state index contributed by atoms with van der Waals surface area (Å²) < 4.78 is 1.06. The van der Waals surface area contributed by atoms with E-state index in [4.69, 9.17) is 0 Å². The summed E-state index contributed by atoms with van der Waals surface area (Å²) in [6, 6.07) is 10.5. The molecule has 0 radical (unpaired) electrons. The van der Waals surface area contributed by atoms with Gasteiger partial charge < -0.3 is 4.90 Å². The zero-order valence-electron chi connectivity index (χ0n) is 10.9. The molecule has 0 amide bonds. The van der Waals surface area contributed by atoms with Crippen molar-refractivity contribution >= 4 is 27.4 Å². The number of hydrogen-bond donors (Lipinski definition) is 0. The van der Waals surface area contributed by atoms with E-state index in [1.54, 1.807) is 0 Å². The Labute approximate surface area is 117 Å². The monoisotopic (exact) mass is 304 g/mol. The number of halogens is 1. The molecule has 2 nitrogen and oxygen atoms in total. The number of anilines is 2. The number of hydrogen-bond acceptors (Lipinski definition) is 2. The smallest absolute Gasteiger partial charge is 0.147 e. The molecule has 18 heavy (non-hydrogen) atoms. The summed E-state index contributed by atoms with van der Waals surface area (Å²) >= 11 is 3.63. The molecule has 0 atom stereocenters. The van der Waals surface area contributed by atoms with Gasteiger partial charge in [0.15, 0.2) is 0 Å².